The van der Waals surface area contributed by atoms with Gasteiger partial charge in [-0.1, -0.05) is 24.4 Å². The predicted molar refractivity (Wildman–Crippen MR) is 80.7 cm³/mol. The molecule has 1 aliphatic heterocycles. The maximum atomic E-state index is 12.5. The Morgan fingerprint density at radius 2 is 2.18 bits per heavy atom. The highest BCUT2D eigenvalue weighted by Crippen LogP contribution is 2.45. The van der Waals surface area contributed by atoms with Crippen molar-refractivity contribution in [1.29, 1.82) is 0 Å². The third-order valence-electron chi connectivity index (χ3n) is 5.23. The van der Waals surface area contributed by atoms with Crippen molar-refractivity contribution >= 4 is 11.1 Å². The van der Waals surface area contributed by atoms with Crippen LogP contribution in [0.5, 0.6) is 0 Å². The Morgan fingerprint density at radius 3 is 3.00 bits per heavy atom. The van der Waals surface area contributed by atoms with Gasteiger partial charge in [-0.3, -0.25) is 9.36 Å². The molecule has 0 amide bonds. The molecule has 1 unspecified atom stereocenters. The maximum absolute atomic E-state index is 12.5. The van der Waals surface area contributed by atoms with Gasteiger partial charge in [0.05, 0.1) is 24.9 Å². The summed E-state index contributed by atoms with van der Waals surface area (Å²) < 4.78 is 12.7. The van der Waals surface area contributed by atoms with Gasteiger partial charge in [0.15, 0.2) is 0 Å². The molecule has 118 valence electrons. The fourth-order valence-electron chi connectivity index (χ4n) is 4.02. The smallest absolute Gasteiger partial charge is 0.266 e. The second-order valence-electron chi connectivity index (χ2n) is 6.85. The van der Waals surface area contributed by atoms with Crippen LogP contribution in [0.2, 0.25) is 0 Å². The molecule has 0 aromatic carbocycles. The molecule has 1 saturated carbocycles. The van der Waals surface area contributed by atoms with E-state index in [9.17, 15) is 4.79 Å². The number of hydrogen-bond donors (Lipinski definition) is 0. The molecule has 3 heterocycles. The molecule has 0 N–H and O–H groups in total. The average molecular weight is 303 g/mol. The minimum atomic E-state index is -0.0862. The summed E-state index contributed by atoms with van der Waals surface area (Å²) in [6.45, 7) is 3.17. The second-order valence-corrected chi connectivity index (χ2v) is 6.85. The summed E-state index contributed by atoms with van der Waals surface area (Å²) in [5.74, 6) is 0. The van der Waals surface area contributed by atoms with Crippen molar-refractivity contribution in [3.63, 3.8) is 0 Å². The normalized spacial score (nSPS) is 24.3. The first kappa shape index (κ1) is 13.9. The predicted octanol–water partition coefficient (Wildman–Crippen LogP) is 2.43. The van der Waals surface area contributed by atoms with E-state index in [0.29, 0.717) is 28.8 Å². The quantitative estimate of drug-likeness (QED) is 0.852. The number of nitrogens with zero attached hydrogens (tertiary/aromatic N) is 3. The highest BCUT2D eigenvalue weighted by Gasteiger charge is 2.40. The van der Waals surface area contributed by atoms with Crippen LogP contribution >= 0.6 is 0 Å². The topological polar surface area (TPSA) is 70.2 Å². The van der Waals surface area contributed by atoms with E-state index >= 15 is 0 Å². The first-order valence-corrected chi connectivity index (χ1v) is 8.10. The fraction of sp³-hybridized carbons (Fsp3) is 0.688. The first-order valence-electron chi connectivity index (χ1n) is 8.10. The molecular formula is C16H21N3O3. The van der Waals surface area contributed by atoms with Crippen molar-refractivity contribution in [3.8, 4) is 0 Å². The molecule has 22 heavy (non-hydrogen) atoms. The van der Waals surface area contributed by atoms with Crippen LogP contribution in [-0.4, -0.2) is 27.4 Å². The van der Waals surface area contributed by atoms with Crippen molar-refractivity contribution in [2.24, 2.45) is 5.41 Å². The second kappa shape index (κ2) is 5.19. The van der Waals surface area contributed by atoms with E-state index in [-0.39, 0.29) is 11.7 Å². The van der Waals surface area contributed by atoms with E-state index in [4.69, 9.17) is 9.26 Å². The highest BCUT2D eigenvalue weighted by molar-refractivity contribution is 5.73. The molecule has 6 heteroatoms. The molecule has 2 aliphatic rings. The van der Waals surface area contributed by atoms with Gasteiger partial charge in [0.2, 0.25) is 0 Å². The van der Waals surface area contributed by atoms with Crippen LogP contribution in [0.3, 0.4) is 0 Å². The third kappa shape index (κ3) is 2.26. The van der Waals surface area contributed by atoms with Crippen molar-refractivity contribution in [2.75, 3.05) is 6.61 Å². The van der Waals surface area contributed by atoms with Crippen LogP contribution in [0.25, 0.3) is 11.1 Å². The van der Waals surface area contributed by atoms with Gasteiger partial charge in [-0.05, 0) is 31.6 Å². The Hall–Kier alpha value is -1.69. The van der Waals surface area contributed by atoms with Crippen LogP contribution in [0.4, 0.5) is 0 Å². The maximum Gasteiger partial charge on any atom is 0.266 e. The Bertz CT molecular complexity index is 743. The molecule has 2 aromatic rings. The van der Waals surface area contributed by atoms with Crippen LogP contribution < -0.4 is 5.56 Å². The standard InChI is InChI=1S/C16H21N3O3/c1-11-13-14(22-18-11)17-10-19(15(13)20)8-12-7-16(9-21-12)5-3-2-4-6-16/h10,12H,2-9H2,1H3. The van der Waals surface area contributed by atoms with Gasteiger partial charge in [0.25, 0.3) is 11.3 Å². The number of aryl methyl sites for hydroxylation is 1. The van der Waals surface area contributed by atoms with Gasteiger partial charge in [-0.25, -0.2) is 4.98 Å². The van der Waals surface area contributed by atoms with E-state index in [0.717, 1.165) is 13.0 Å². The lowest BCUT2D eigenvalue weighted by atomic mass is 9.73. The number of aromatic nitrogens is 3. The molecule has 1 atom stereocenters. The summed E-state index contributed by atoms with van der Waals surface area (Å²) in [5.41, 5.74) is 1.18. The fourth-order valence-corrected chi connectivity index (χ4v) is 4.02. The van der Waals surface area contributed by atoms with Gasteiger partial charge in [0, 0.05) is 0 Å². The number of rotatable bonds is 2. The minimum absolute atomic E-state index is 0.0862. The highest BCUT2D eigenvalue weighted by atomic mass is 16.5. The summed E-state index contributed by atoms with van der Waals surface area (Å²) in [7, 11) is 0. The first-order chi connectivity index (χ1) is 10.7. The van der Waals surface area contributed by atoms with E-state index < -0.39 is 0 Å². The van der Waals surface area contributed by atoms with E-state index in [2.05, 4.69) is 10.1 Å². The molecular weight excluding hydrogens is 282 g/mol. The SMILES string of the molecule is Cc1noc2ncn(CC3CC4(CCCCC4)CO3)c(=O)c12. The Kier molecular flexibility index (Phi) is 3.29. The lowest BCUT2D eigenvalue weighted by Crippen LogP contribution is -2.28. The molecule has 2 aromatic heterocycles. The van der Waals surface area contributed by atoms with E-state index in [1.165, 1.54) is 32.1 Å². The molecule has 1 spiro atoms. The molecule has 6 nitrogen and oxygen atoms in total. The van der Waals surface area contributed by atoms with Gasteiger partial charge in [0.1, 0.15) is 11.7 Å². The molecule has 2 fully saturated rings. The minimum Gasteiger partial charge on any atom is -0.376 e. The summed E-state index contributed by atoms with van der Waals surface area (Å²) in [5, 5.41) is 4.30. The van der Waals surface area contributed by atoms with E-state index in [1.807, 2.05) is 0 Å². The average Bonchev–Trinajstić information content (AvgIpc) is 3.08. The summed E-state index contributed by atoms with van der Waals surface area (Å²) >= 11 is 0. The molecule has 0 bridgehead atoms. The Balaban J connectivity index is 1.56. The number of hydrogen-bond acceptors (Lipinski definition) is 5. The lowest BCUT2D eigenvalue weighted by Gasteiger charge is -2.31. The zero-order valence-corrected chi connectivity index (χ0v) is 12.9. The van der Waals surface area contributed by atoms with Gasteiger partial charge in [-0.15, -0.1) is 0 Å². The Morgan fingerprint density at radius 1 is 1.36 bits per heavy atom. The van der Waals surface area contributed by atoms with Gasteiger partial charge in [-0.2, -0.15) is 0 Å². The largest absolute Gasteiger partial charge is 0.376 e. The van der Waals surface area contributed by atoms with Crippen molar-refractivity contribution in [2.45, 2.75) is 58.1 Å². The van der Waals surface area contributed by atoms with Gasteiger partial charge >= 0.3 is 0 Å². The monoisotopic (exact) mass is 303 g/mol. The summed E-state index contributed by atoms with van der Waals surface area (Å²) in [6.07, 6.45) is 9.20. The third-order valence-corrected chi connectivity index (χ3v) is 5.23. The van der Waals surface area contributed by atoms with Crippen LogP contribution in [0.15, 0.2) is 15.6 Å². The van der Waals surface area contributed by atoms with Crippen LogP contribution in [0, 0.1) is 12.3 Å². The van der Waals surface area contributed by atoms with Crippen molar-refractivity contribution in [1.82, 2.24) is 14.7 Å². The van der Waals surface area contributed by atoms with Crippen LogP contribution in [-0.2, 0) is 11.3 Å². The molecule has 0 radical (unpaired) electrons. The van der Waals surface area contributed by atoms with Crippen molar-refractivity contribution < 1.29 is 9.26 Å². The molecule has 4 rings (SSSR count). The van der Waals surface area contributed by atoms with Crippen LogP contribution in [0.1, 0.15) is 44.2 Å². The number of ether oxygens (including phenoxy) is 1. The zero-order chi connectivity index (χ0) is 15.2. The van der Waals surface area contributed by atoms with E-state index in [1.54, 1.807) is 17.8 Å². The summed E-state index contributed by atoms with van der Waals surface area (Å²) in [6, 6.07) is 0. The molecule has 1 saturated heterocycles. The van der Waals surface area contributed by atoms with Gasteiger partial charge < -0.3 is 9.26 Å². The number of fused-ring (bicyclic) bond motifs is 1. The Labute approximate surface area is 128 Å². The van der Waals surface area contributed by atoms with Crippen molar-refractivity contribution in [3.05, 3.63) is 22.4 Å². The zero-order valence-electron chi connectivity index (χ0n) is 12.9. The molecule has 1 aliphatic carbocycles. The lowest BCUT2D eigenvalue weighted by molar-refractivity contribution is 0.0752. The summed E-state index contributed by atoms with van der Waals surface area (Å²) in [4.78, 5) is 16.7.